The minimum Gasteiger partial charge on any atom is -0.486 e. The molecule has 0 saturated carbocycles. The van der Waals surface area contributed by atoms with Crippen molar-refractivity contribution in [3.63, 3.8) is 0 Å². The molecule has 3 N–H and O–H groups in total. The lowest BCUT2D eigenvalue weighted by atomic mass is 10.1. The van der Waals surface area contributed by atoms with Gasteiger partial charge < -0.3 is 20.5 Å². The summed E-state index contributed by atoms with van der Waals surface area (Å²) in [5.41, 5.74) is 6.75. The van der Waals surface area contributed by atoms with Crippen LogP contribution < -0.4 is 20.5 Å². The second kappa shape index (κ2) is 7.52. The van der Waals surface area contributed by atoms with E-state index in [9.17, 15) is 4.79 Å². The van der Waals surface area contributed by atoms with Gasteiger partial charge in [-0.2, -0.15) is 0 Å². The zero-order valence-electron chi connectivity index (χ0n) is 12.2. The van der Waals surface area contributed by atoms with Crippen LogP contribution in [0.1, 0.15) is 25.3 Å². The van der Waals surface area contributed by atoms with Crippen molar-refractivity contribution in [1.82, 2.24) is 5.32 Å². The molecule has 1 aromatic carbocycles. The minimum atomic E-state index is -0.432. The van der Waals surface area contributed by atoms with Crippen LogP contribution >= 0.6 is 11.6 Å². The van der Waals surface area contributed by atoms with E-state index in [0.717, 1.165) is 12.0 Å². The maximum atomic E-state index is 11.7. The normalized spacial score (nSPS) is 14.6. The van der Waals surface area contributed by atoms with E-state index in [4.69, 9.17) is 26.8 Å². The van der Waals surface area contributed by atoms with Crippen LogP contribution in [0.3, 0.4) is 0 Å². The standard InChI is InChI=1S/C15H21ClN2O3/c1-2-3-12(17)15(19)18-5-4-10-8-11(16)14-13(9-10)20-6-7-21-14/h8-9,12H,2-7,17H2,1H3,(H,18,19). The summed E-state index contributed by atoms with van der Waals surface area (Å²) in [6, 6.07) is 3.31. The molecule has 0 fully saturated rings. The van der Waals surface area contributed by atoms with Crippen LogP contribution in [-0.2, 0) is 11.2 Å². The fourth-order valence-electron chi connectivity index (χ4n) is 2.21. The molecular formula is C15H21ClN2O3. The van der Waals surface area contributed by atoms with Gasteiger partial charge in [0.2, 0.25) is 5.91 Å². The Bertz CT molecular complexity index is 508. The van der Waals surface area contributed by atoms with Crippen molar-refractivity contribution in [2.45, 2.75) is 32.2 Å². The molecule has 0 aliphatic carbocycles. The molecule has 1 unspecified atom stereocenters. The van der Waals surface area contributed by atoms with Crippen LogP contribution in [0.5, 0.6) is 11.5 Å². The highest BCUT2D eigenvalue weighted by atomic mass is 35.5. The van der Waals surface area contributed by atoms with Gasteiger partial charge in [-0.25, -0.2) is 0 Å². The van der Waals surface area contributed by atoms with Crippen LogP contribution in [0.2, 0.25) is 5.02 Å². The van der Waals surface area contributed by atoms with E-state index < -0.39 is 6.04 Å². The van der Waals surface area contributed by atoms with Crippen molar-refractivity contribution in [2.75, 3.05) is 19.8 Å². The first-order chi connectivity index (χ1) is 10.1. The Morgan fingerprint density at radius 3 is 2.95 bits per heavy atom. The molecule has 0 spiro atoms. The molecule has 1 heterocycles. The lowest BCUT2D eigenvalue weighted by Crippen LogP contribution is -2.41. The Balaban J connectivity index is 1.89. The van der Waals surface area contributed by atoms with E-state index in [1.165, 1.54) is 0 Å². The minimum absolute atomic E-state index is 0.111. The van der Waals surface area contributed by atoms with E-state index in [-0.39, 0.29) is 5.91 Å². The molecule has 116 valence electrons. The van der Waals surface area contributed by atoms with Crippen molar-refractivity contribution in [3.8, 4) is 11.5 Å². The summed E-state index contributed by atoms with van der Waals surface area (Å²) in [5, 5.41) is 3.37. The molecule has 0 aromatic heterocycles. The van der Waals surface area contributed by atoms with E-state index in [1.54, 1.807) is 0 Å². The molecule has 6 heteroatoms. The maximum Gasteiger partial charge on any atom is 0.236 e. The first-order valence-electron chi connectivity index (χ1n) is 7.23. The van der Waals surface area contributed by atoms with E-state index in [0.29, 0.717) is 49.1 Å². The Kier molecular flexibility index (Phi) is 5.70. The van der Waals surface area contributed by atoms with Crippen LogP contribution in [0, 0.1) is 0 Å². The number of halogens is 1. The van der Waals surface area contributed by atoms with Gasteiger partial charge in [0.15, 0.2) is 11.5 Å². The number of amides is 1. The predicted octanol–water partition coefficient (Wildman–Crippen LogP) is 1.90. The summed E-state index contributed by atoms with van der Waals surface area (Å²) >= 11 is 6.17. The number of nitrogens with one attached hydrogen (secondary N) is 1. The molecule has 0 radical (unpaired) electrons. The number of carbonyl (C=O) groups excluding carboxylic acids is 1. The average Bonchev–Trinajstić information content (AvgIpc) is 2.47. The van der Waals surface area contributed by atoms with Crippen LogP contribution in [-0.4, -0.2) is 31.7 Å². The molecule has 21 heavy (non-hydrogen) atoms. The summed E-state index contributed by atoms with van der Waals surface area (Å²) in [7, 11) is 0. The highest BCUT2D eigenvalue weighted by molar-refractivity contribution is 6.32. The number of benzene rings is 1. The molecule has 1 atom stereocenters. The third-order valence-corrected chi connectivity index (χ3v) is 3.59. The molecule has 1 amide bonds. The lowest BCUT2D eigenvalue weighted by molar-refractivity contribution is -0.122. The molecule has 0 bridgehead atoms. The molecule has 1 aliphatic rings. The number of hydrogen-bond acceptors (Lipinski definition) is 4. The number of carbonyl (C=O) groups is 1. The van der Waals surface area contributed by atoms with E-state index in [2.05, 4.69) is 5.32 Å². The fraction of sp³-hybridized carbons (Fsp3) is 0.533. The summed E-state index contributed by atoms with van der Waals surface area (Å²) in [5.74, 6) is 1.15. The summed E-state index contributed by atoms with van der Waals surface area (Å²) in [6.07, 6.45) is 2.26. The molecular weight excluding hydrogens is 292 g/mol. The first kappa shape index (κ1) is 15.9. The third-order valence-electron chi connectivity index (χ3n) is 3.31. The fourth-order valence-corrected chi connectivity index (χ4v) is 2.50. The molecule has 1 aliphatic heterocycles. The van der Waals surface area contributed by atoms with Gasteiger partial charge in [-0.15, -0.1) is 0 Å². The van der Waals surface area contributed by atoms with Crippen LogP contribution in [0.4, 0.5) is 0 Å². The van der Waals surface area contributed by atoms with E-state index >= 15 is 0 Å². The zero-order chi connectivity index (χ0) is 15.2. The second-order valence-corrected chi connectivity index (χ2v) is 5.45. The van der Waals surface area contributed by atoms with Gasteiger partial charge >= 0.3 is 0 Å². The highest BCUT2D eigenvalue weighted by Gasteiger charge is 2.17. The zero-order valence-corrected chi connectivity index (χ0v) is 12.9. The number of fused-ring (bicyclic) bond motifs is 1. The van der Waals surface area contributed by atoms with Crippen molar-refractivity contribution in [2.24, 2.45) is 5.73 Å². The topological polar surface area (TPSA) is 73.6 Å². The summed E-state index contributed by atoms with van der Waals surface area (Å²) < 4.78 is 11.0. The van der Waals surface area contributed by atoms with Crippen LogP contribution in [0.15, 0.2) is 12.1 Å². The van der Waals surface area contributed by atoms with E-state index in [1.807, 2.05) is 19.1 Å². The number of hydrogen-bond donors (Lipinski definition) is 2. The van der Waals surface area contributed by atoms with Gasteiger partial charge in [-0.05, 0) is 30.5 Å². The molecule has 0 saturated heterocycles. The van der Waals surface area contributed by atoms with Gasteiger partial charge in [0.1, 0.15) is 13.2 Å². The first-order valence-corrected chi connectivity index (χ1v) is 7.61. The monoisotopic (exact) mass is 312 g/mol. The SMILES string of the molecule is CCCC(N)C(=O)NCCc1cc(Cl)c2c(c1)OCCO2. The van der Waals surface area contributed by atoms with Crippen LogP contribution in [0.25, 0.3) is 0 Å². The van der Waals surface area contributed by atoms with Crippen molar-refractivity contribution >= 4 is 17.5 Å². The predicted molar refractivity (Wildman–Crippen MR) is 82.0 cm³/mol. The lowest BCUT2D eigenvalue weighted by Gasteiger charge is -2.20. The van der Waals surface area contributed by atoms with Gasteiger partial charge in [0.25, 0.3) is 0 Å². The van der Waals surface area contributed by atoms with Gasteiger partial charge in [0, 0.05) is 6.54 Å². The largest absolute Gasteiger partial charge is 0.486 e. The molecule has 2 rings (SSSR count). The number of nitrogens with two attached hydrogens (primary N) is 1. The summed E-state index contributed by atoms with van der Waals surface area (Å²) in [4.78, 5) is 11.7. The molecule has 5 nitrogen and oxygen atoms in total. The van der Waals surface area contributed by atoms with Crippen molar-refractivity contribution in [3.05, 3.63) is 22.7 Å². The average molecular weight is 313 g/mol. The second-order valence-electron chi connectivity index (χ2n) is 5.04. The Morgan fingerprint density at radius 2 is 2.19 bits per heavy atom. The highest BCUT2D eigenvalue weighted by Crippen LogP contribution is 2.38. The van der Waals surface area contributed by atoms with Gasteiger partial charge in [-0.1, -0.05) is 24.9 Å². The smallest absolute Gasteiger partial charge is 0.236 e. The maximum absolute atomic E-state index is 11.7. The Morgan fingerprint density at radius 1 is 1.43 bits per heavy atom. The molecule has 1 aromatic rings. The van der Waals surface area contributed by atoms with Gasteiger partial charge in [-0.3, -0.25) is 4.79 Å². The Hall–Kier alpha value is -1.46. The quantitative estimate of drug-likeness (QED) is 0.841. The summed E-state index contributed by atoms with van der Waals surface area (Å²) in [6.45, 7) is 3.56. The van der Waals surface area contributed by atoms with Gasteiger partial charge in [0.05, 0.1) is 11.1 Å². The van der Waals surface area contributed by atoms with Crippen molar-refractivity contribution < 1.29 is 14.3 Å². The van der Waals surface area contributed by atoms with Crippen molar-refractivity contribution in [1.29, 1.82) is 0 Å². The Labute approximate surface area is 129 Å². The third kappa shape index (κ3) is 4.25. The number of ether oxygens (including phenoxy) is 2. The number of rotatable bonds is 6.